The van der Waals surface area contributed by atoms with E-state index < -0.39 is 5.54 Å². The summed E-state index contributed by atoms with van der Waals surface area (Å²) in [5, 5.41) is 13.2. The lowest BCUT2D eigenvalue weighted by atomic mass is 9.87. The van der Waals surface area contributed by atoms with Gasteiger partial charge in [-0.3, -0.25) is 0 Å². The zero-order chi connectivity index (χ0) is 14.6. The van der Waals surface area contributed by atoms with Gasteiger partial charge in [0.05, 0.1) is 12.1 Å². The van der Waals surface area contributed by atoms with Gasteiger partial charge in [-0.25, -0.2) is 4.39 Å². The van der Waals surface area contributed by atoms with Gasteiger partial charge < -0.3 is 10.4 Å². The van der Waals surface area contributed by atoms with E-state index in [1.165, 1.54) is 12.1 Å². The van der Waals surface area contributed by atoms with Crippen molar-refractivity contribution >= 4 is 21.6 Å². The van der Waals surface area contributed by atoms with Crippen molar-refractivity contribution in [1.82, 2.24) is 0 Å². The number of nitrogens with one attached hydrogen (secondary N) is 1. The Morgan fingerprint density at radius 3 is 2.45 bits per heavy atom. The maximum absolute atomic E-state index is 13.0. The maximum Gasteiger partial charge on any atom is 0.123 e. The van der Waals surface area contributed by atoms with Crippen molar-refractivity contribution < 1.29 is 9.50 Å². The molecule has 1 unspecified atom stereocenters. The minimum Gasteiger partial charge on any atom is -0.394 e. The highest BCUT2D eigenvalue weighted by atomic mass is 79.9. The largest absolute Gasteiger partial charge is 0.394 e. The molecule has 4 heteroatoms. The van der Waals surface area contributed by atoms with E-state index in [-0.39, 0.29) is 12.4 Å². The van der Waals surface area contributed by atoms with E-state index >= 15 is 0 Å². The lowest BCUT2D eigenvalue weighted by Crippen LogP contribution is -2.38. The van der Waals surface area contributed by atoms with Crippen LogP contribution in [0.3, 0.4) is 0 Å². The molecular weight excluding hydrogens is 321 g/mol. The van der Waals surface area contributed by atoms with Crippen molar-refractivity contribution in [3.05, 3.63) is 64.4 Å². The van der Waals surface area contributed by atoms with E-state index in [0.717, 1.165) is 15.7 Å². The van der Waals surface area contributed by atoms with Crippen LogP contribution in [0.1, 0.15) is 18.9 Å². The molecule has 20 heavy (non-hydrogen) atoms. The van der Waals surface area contributed by atoms with Crippen molar-refractivity contribution in [2.45, 2.75) is 18.9 Å². The van der Waals surface area contributed by atoms with E-state index in [2.05, 4.69) is 21.2 Å². The lowest BCUT2D eigenvalue weighted by molar-refractivity contribution is 0.207. The molecule has 0 radical (unpaired) electrons. The first-order valence-corrected chi connectivity index (χ1v) is 7.29. The van der Waals surface area contributed by atoms with Gasteiger partial charge in [0.15, 0.2) is 0 Å². The van der Waals surface area contributed by atoms with Gasteiger partial charge in [0.25, 0.3) is 0 Å². The summed E-state index contributed by atoms with van der Waals surface area (Å²) in [6, 6.07) is 14.0. The van der Waals surface area contributed by atoms with Gasteiger partial charge in [-0.05, 0) is 48.4 Å². The third kappa shape index (κ3) is 3.19. The van der Waals surface area contributed by atoms with E-state index in [9.17, 15) is 9.50 Å². The Balaban J connectivity index is 2.36. The molecule has 2 nitrogen and oxygen atoms in total. The molecule has 0 bridgehead atoms. The molecule has 0 aliphatic rings. The fraction of sp³-hybridized carbons (Fsp3) is 0.250. The number of halogens is 2. The number of hydrogen-bond donors (Lipinski definition) is 2. The molecule has 0 spiro atoms. The van der Waals surface area contributed by atoms with Crippen LogP contribution < -0.4 is 5.32 Å². The minimum atomic E-state index is -0.582. The van der Waals surface area contributed by atoms with Crippen LogP contribution in [0.5, 0.6) is 0 Å². The molecule has 0 aliphatic heterocycles. The number of aliphatic hydroxyl groups excluding tert-OH is 1. The Morgan fingerprint density at radius 2 is 1.90 bits per heavy atom. The third-order valence-corrected chi connectivity index (χ3v) is 3.97. The molecule has 2 aromatic rings. The molecule has 1 atom stereocenters. The summed E-state index contributed by atoms with van der Waals surface area (Å²) in [4.78, 5) is 0. The Kier molecular flexibility index (Phi) is 4.78. The standard InChI is InChI=1S/C16H17BrFNO/c1-2-16(11-20,12-4-3-5-13(17)10-12)19-15-8-6-14(18)7-9-15/h3-10,19-20H,2,11H2,1H3. The van der Waals surface area contributed by atoms with Crippen LogP contribution in [-0.4, -0.2) is 11.7 Å². The molecule has 0 heterocycles. The zero-order valence-corrected chi connectivity index (χ0v) is 12.8. The highest BCUT2D eigenvalue weighted by Gasteiger charge is 2.29. The van der Waals surface area contributed by atoms with Crippen LogP contribution >= 0.6 is 15.9 Å². The zero-order valence-electron chi connectivity index (χ0n) is 11.2. The molecular formula is C16H17BrFNO. The molecule has 0 fully saturated rings. The SMILES string of the molecule is CCC(CO)(Nc1ccc(F)cc1)c1cccc(Br)c1. The van der Waals surface area contributed by atoms with Gasteiger partial charge in [-0.1, -0.05) is 35.0 Å². The van der Waals surface area contributed by atoms with Crippen molar-refractivity contribution in [3.8, 4) is 0 Å². The second kappa shape index (κ2) is 6.37. The molecule has 2 aromatic carbocycles. The predicted molar refractivity (Wildman–Crippen MR) is 83.2 cm³/mol. The van der Waals surface area contributed by atoms with Gasteiger partial charge in [0.1, 0.15) is 5.82 Å². The monoisotopic (exact) mass is 337 g/mol. The topological polar surface area (TPSA) is 32.3 Å². The number of aliphatic hydroxyl groups is 1. The second-order valence-corrected chi connectivity index (χ2v) is 5.65. The minimum absolute atomic E-state index is 0.0443. The van der Waals surface area contributed by atoms with E-state index in [1.54, 1.807) is 12.1 Å². The van der Waals surface area contributed by atoms with Crippen LogP contribution in [-0.2, 0) is 5.54 Å². The number of anilines is 1. The number of benzene rings is 2. The summed E-state index contributed by atoms with van der Waals surface area (Å²) in [6.45, 7) is 1.96. The van der Waals surface area contributed by atoms with Gasteiger partial charge in [0, 0.05) is 10.2 Å². The van der Waals surface area contributed by atoms with E-state index in [0.29, 0.717) is 6.42 Å². The Morgan fingerprint density at radius 1 is 1.20 bits per heavy atom. The summed E-state index contributed by atoms with van der Waals surface area (Å²) < 4.78 is 13.9. The average Bonchev–Trinajstić information content (AvgIpc) is 2.47. The fourth-order valence-corrected chi connectivity index (χ4v) is 2.60. The van der Waals surface area contributed by atoms with Crippen molar-refractivity contribution in [2.75, 3.05) is 11.9 Å². The first kappa shape index (κ1) is 15.0. The smallest absolute Gasteiger partial charge is 0.123 e. The molecule has 0 saturated carbocycles. The summed E-state index contributed by atoms with van der Waals surface area (Å²) >= 11 is 3.45. The summed E-state index contributed by atoms with van der Waals surface area (Å²) in [5.74, 6) is -0.274. The highest BCUT2D eigenvalue weighted by Crippen LogP contribution is 2.31. The van der Waals surface area contributed by atoms with Gasteiger partial charge in [-0.15, -0.1) is 0 Å². The fourth-order valence-electron chi connectivity index (χ4n) is 2.20. The van der Waals surface area contributed by atoms with Crippen LogP contribution in [0.2, 0.25) is 0 Å². The first-order valence-electron chi connectivity index (χ1n) is 6.50. The Hall–Kier alpha value is -1.39. The normalized spacial score (nSPS) is 13.8. The molecule has 106 valence electrons. The molecule has 2 rings (SSSR count). The maximum atomic E-state index is 13.0. The number of hydrogen-bond acceptors (Lipinski definition) is 2. The van der Waals surface area contributed by atoms with E-state index in [1.807, 2.05) is 31.2 Å². The van der Waals surface area contributed by atoms with Gasteiger partial charge in [0.2, 0.25) is 0 Å². The van der Waals surface area contributed by atoms with Crippen molar-refractivity contribution in [3.63, 3.8) is 0 Å². The van der Waals surface area contributed by atoms with Gasteiger partial charge in [-0.2, -0.15) is 0 Å². The Bertz CT molecular complexity index is 567. The first-order chi connectivity index (χ1) is 9.59. The molecule has 0 aliphatic carbocycles. The average molecular weight is 338 g/mol. The molecule has 0 aromatic heterocycles. The lowest BCUT2D eigenvalue weighted by Gasteiger charge is -2.34. The third-order valence-electron chi connectivity index (χ3n) is 3.48. The van der Waals surface area contributed by atoms with Crippen molar-refractivity contribution in [2.24, 2.45) is 0 Å². The predicted octanol–water partition coefficient (Wildman–Crippen LogP) is 4.30. The quantitative estimate of drug-likeness (QED) is 0.852. The van der Waals surface area contributed by atoms with Gasteiger partial charge >= 0.3 is 0 Å². The summed E-state index contributed by atoms with van der Waals surface area (Å²) in [6.07, 6.45) is 0.706. The molecule has 0 saturated heterocycles. The van der Waals surface area contributed by atoms with Crippen LogP contribution in [0.4, 0.5) is 10.1 Å². The van der Waals surface area contributed by atoms with E-state index in [4.69, 9.17) is 0 Å². The number of rotatable bonds is 5. The van der Waals surface area contributed by atoms with Crippen molar-refractivity contribution in [1.29, 1.82) is 0 Å². The Labute approximate surface area is 126 Å². The summed E-state index contributed by atoms with van der Waals surface area (Å²) in [5.41, 5.74) is 1.19. The second-order valence-electron chi connectivity index (χ2n) is 4.74. The highest BCUT2D eigenvalue weighted by molar-refractivity contribution is 9.10. The molecule has 2 N–H and O–H groups in total. The van der Waals surface area contributed by atoms with Crippen LogP contribution in [0.25, 0.3) is 0 Å². The van der Waals surface area contributed by atoms with Crippen LogP contribution in [0, 0.1) is 5.82 Å². The molecule has 0 amide bonds. The summed E-state index contributed by atoms with van der Waals surface area (Å²) in [7, 11) is 0. The van der Waals surface area contributed by atoms with Crippen LogP contribution in [0.15, 0.2) is 53.0 Å².